The number of ether oxygens (including phenoxy) is 1. The van der Waals surface area contributed by atoms with Crippen molar-refractivity contribution in [3.05, 3.63) is 102 Å². The smallest absolute Gasteiger partial charge is 0.230 e. The fraction of sp³-hybridized carbons (Fsp3) is 0.0690. The van der Waals surface area contributed by atoms with E-state index in [0.717, 1.165) is 39.2 Å². The largest absolute Gasteiger partial charge is 0.438 e. The minimum absolute atomic E-state index is 0.0703. The zero-order valence-electron chi connectivity index (χ0n) is 20.0. The van der Waals surface area contributed by atoms with Crippen LogP contribution in [0.2, 0.25) is 0 Å². The number of hydrogen-bond acceptors (Lipinski definition) is 7. The number of aromatic nitrogens is 4. The SMILES string of the molecule is Cc1cc(-c2ccccc2)nnc1Nc1ccc(Oc2ncccc2-c2ccnc3c2CC(=O)N3)cc1. The van der Waals surface area contributed by atoms with Gasteiger partial charge in [-0.15, -0.1) is 10.2 Å². The Bertz CT molecular complexity index is 1600. The second-order valence-corrected chi connectivity index (χ2v) is 8.65. The van der Waals surface area contributed by atoms with Crippen molar-refractivity contribution >= 4 is 23.2 Å². The van der Waals surface area contributed by atoms with Crippen molar-refractivity contribution < 1.29 is 9.53 Å². The number of amides is 1. The Labute approximate surface area is 213 Å². The van der Waals surface area contributed by atoms with Gasteiger partial charge in [-0.1, -0.05) is 30.3 Å². The first-order valence-corrected chi connectivity index (χ1v) is 11.8. The van der Waals surface area contributed by atoms with Gasteiger partial charge in [-0.05, 0) is 66.6 Å². The van der Waals surface area contributed by atoms with Crippen molar-refractivity contribution in [2.24, 2.45) is 0 Å². The number of nitrogens with one attached hydrogen (secondary N) is 2. The predicted octanol–water partition coefficient (Wildman–Crippen LogP) is 5.94. The third-order valence-corrected chi connectivity index (χ3v) is 6.10. The first kappa shape index (κ1) is 22.4. The summed E-state index contributed by atoms with van der Waals surface area (Å²) in [6.07, 6.45) is 3.64. The normalized spacial score (nSPS) is 12.1. The highest BCUT2D eigenvalue weighted by atomic mass is 16.5. The van der Waals surface area contributed by atoms with E-state index in [9.17, 15) is 4.79 Å². The van der Waals surface area contributed by atoms with E-state index in [0.29, 0.717) is 23.3 Å². The van der Waals surface area contributed by atoms with Gasteiger partial charge in [-0.25, -0.2) is 9.97 Å². The van der Waals surface area contributed by atoms with Crippen molar-refractivity contribution in [3.8, 4) is 34.0 Å². The molecule has 2 N–H and O–H groups in total. The van der Waals surface area contributed by atoms with E-state index >= 15 is 0 Å². The molecular weight excluding hydrogens is 464 g/mol. The van der Waals surface area contributed by atoms with Gasteiger partial charge in [-0.2, -0.15) is 0 Å². The second kappa shape index (κ2) is 9.50. The van der Waals surface area contributed by atoms with Gasteiger partial charge in [0, 0.05) is 34.8 Å². The van der Waals surface area contributed by atoms with Crippen LogP contribution in [0, 0.1) is 6.92 Å². The Morgan fingerprint density at radius 3 is 2.51 bits per heavy atom. The molecule has 1 aliphatic rings. The summed E-state index contributed by atoms with van der Waals surface area (Å²) >= 11 is 0. The Morgan fingerprint density at radius 1 is 0.865 bits per heavy atom. The van der Waals surface area contributed by atoms with Gasteiger partial charge in [0.2, 0.25) is 11.8 Å². The van der Waals surface area contributed by atoms with E-state index < -0.39 is 0 Å². The molecule has 4 heterocycles. The molecule has 0 unspecified atom stereocenters. The van der Waals surface area contributed by atoms with Gasteiger partial charge >= 0.3 is 0 Å². The quantitative estimate of drug-likeness (QED) is 0.306. The predicted molar refractivity (Wildman–Crippen MR) is 142 cm³/mol. The van der Waals surface area contributed by atoms with E-state index in [1.165, 1.54) is 0 Å². The monoisotopic (exact) mass is 486 g/mol. The molecular formula is C29H22N6O2. The van der Waals surface area contributed by atoms with Gasteiger partial charge in [0.25, 0.3) is 0 Å². The standard InChI is InChI=1S/C29H22N6O2/c1-18-16-25(19-6-3-2-4-7-19)34-35-27(18)32-20-9-11-21(12-10-20)37-29-23(8-5-14-31-29)22-13-15-30-28-24(22)17-26(36)33-28/h2-16H,17H2,1H3,(H,32,35)(H,30,33,36). The number of rotatable bonds is 6. The summed E-state index contributed by atoms with van der Waals surface area (Å²) in [6, 6.07) is 25.2. The van der Waals surface area contributed by atoms with Crippen molar-refractivity contribution in [3.63, 3.8) is 0 Å². The summed E-state index contributed by atoms with van der Waals surface area (Å²) in [5, 5.41) is 14.9. The van der Waals surface area contributed by atoms with E-state index in [2.05, 4.69) is 30.8 Å². The van der Waals surface area contributed by atoms with Crippen LogP contribution in [0.1, 0.15) is 11.1 Å². The fourth-order valence-corrected chi connectivity index (χ4v) is 4.26. The molecule has 180 valence electrons. The molecule has 0 bridgehead atoms. The Kier molecular flexibility index (Phi) is 5.74. The lowest BCUT2D eigenvalue weighted by molar-refractivity contribution is -0.115. The lowest BCUT2D eigenvalue weighted by Gasteiger charge is -2.13. The van der Waals surface area contributed by atoms with E-state index in [4.69, 9.17) is 4.74 Å². The Hall–Kier alpha value is -5.11. The number of pyridine rings is 2. The van der Waals surface area contributed by atoms with Crippen LogP contribution in [0.15, 0.2) is 91.3 Å². The molecule has 0 fully saturated rings. The summed E-state index contributed by atoms with van der Waals surface area (Å²) < 4.78 is 6.15. The zero-order valence-corrected chi connectivity index (χ0v) is 20.0. The molecule has 3 aromatic heterocycles. The Balaban J connectivity index is 1.20. The summed E-state index contributed by atoms with van der Waals surface area (Å²) in [6.45, 7) is 2.00. The maximum Gasteiger partial charge on any atom is 0.230 e. The van der Waals surface area contributed by atoms with Gasteiger partial charge in [-0.3, -0.25) is 4.79 Å². The molecule has 1 aliphatic heterocycles. The van der Waals surface area contributed by atoms with Crippen LogP contribution in [-0.4, -0.2) is 26.1 Å². The average Bonchev–Trinajstić information content (AvgIpc) is 3.32. The number of fused-ring (bicyclic) bond motifs is 1. The molecule has 0 saturated heterocycles. The molecule has 0 radical (unpaired) electrons. The number of anilines is 3. The van der Waals surface area contributed by atoms with Crippen LogP contribution in [0.25, 0.3) is 22.4 Å². The lowest BCUT2D eigenvalue weighted by Crippen LogP contribution is -2.04. The molecule has 0 spiro atoms. The molecule has 8 heteroatoms. The number of carbonyl (C=O) groups excluding carboxylic acids is 1. The zero-order chi connectivity index (χ0) is 25.2. The average molecular weight is 487 g/mol. The second-order valence-electron chi connectivity index (χ2n) is 8.65. The first-order valence-electron chi connectivity index (χ1n) is 11.8. The molecule has 0 saturated carbocycles. The minimum Gasteiger partial charge on any atom is -0.438 e. The van der Waals surface area contributed by atoms with Crippen LogP contribution < -0.4 is 15.4 Å². The number of carbonyl (C=O) groups is 1. The fourth-order valence-electron chi connectivity index (χ4n) is 4.26. The van der Waals surface area contributed by atoms with Gasteiger partial charge in [0.05, 0.1) is 12.1 Å². The van der Waals surface area contributed by atoms with E-state index in [-0.39, 0.29) is 12.3 Å². The van der Waals surface area contributed by atoms with Crippen LogP contribution >= 0.6 is 0 Å². The molecule has 8 nitrogen and oxygen atoms in total. The molecule has 2 aromatic carbocycles. The summed E-state index contributed by atoms with van der Waals surface area (Å²) in [7, 11) is 0. The van der Waals surface area contributed by atoms with Crippen LogP contribution in [0.3, 0.4) is 0 Å². The highest BCUT2D eigenvalue weighted by molar-refractivity contribution is 6.00. The molecule has 1 amide bonds. The molecule has 0 aliphatic carbocycles. The third-order valence-electron chi connectivity index (χ3n) is 6.10. The van der Waals surface area contributed by atoms with Crippen molar-refractivity contribution in [1.29, 1.82) is 0 Å². The van der Waals surface area contributed by atoms with Gasteiger partial charge in [0.15, 0.2) is 5.82 Å². The van der Waals surface area contributed by atoms with Crippen LogP contribution in [0.4, 0.5) is 17.3 Å². The first-order chi connectivity index (χ1) is 18.1. The molecule has 6 rings (SSSR count). The summed E-state index contributed by atoms with van der Waals surface area (Å²) in [5.41, 5.74) is 6.22. The third kappa shape index (κ3) is 4.60. The highest BCUT2D eigenvalue weighted by Crippen LogP contribution is 2.37. The van der Waals surface area contributed by atoms with Gasteiger partial charge < -0.3 is 15.4 Å². The number of aryl methyl sites for hydroxylation is 1. The molecule has 37 heavy (non-hydrogen) atoms. The summed E-state index contributed by atoms with van der Waals surface area (Å²) in [4.78, 5) is 20.6. The van der Waals surface area contributed by atoms with Crippen LogP contribution in [-0.2, 0) is 11.2 Å². The number of nitrogens with zero attached hydrogens (tertiary/aromatic N) is 4. The Morgan fingerprint density at radius 2 is 1.70 bits per heavy atom. The summed E-state index contributed by atoms with van der Waals surface area (Å²) in [5.74, 6) is 2.29. The topological polar surface area (TPSA) is 102 Å². The van der Waals surface area contributed by atoms with Crippen molar-refractivity contribution in [2.75, 3.05) is 10.6 Å². The van der Waals surface area contributed by atoms with Gasteiger partial charge in [0.1, 0.15) is 11.6 Å². The van der Waals surface area contributed by atoms with Crippen molar-refractivity contribution in [2.45, 2.75) is 13.3 Å². The highest BCUT2D eigenvalue weighted by Gasteiger charge is 2.24. The lowest BCUT2D eigenvalue weighted by atomic mass is 10.0. The molecule has 0 atom stereocenters. The maximum atomic E-state index is 11.9. The minimum atomic E-state index is -0.0703. The number of hydrogen-bond donors (Lipinski definition) is 2. The van der Waals surface area contributed by atoms with Crippen molar-refractivity contribution in [1.82, 2.24) is 20.2 Å². The van der Waals surface area contributed by atoms with E-state index in [1.54, 1.807) is 12.4 Å². The molecule has 5 aromatic rings. The van der Waals surface area contributed by atoms with E-state index in [1.807, 2.05) is 85.8 Å². The number of benzene rings is 2. The van der Waals surface area contributed by atoms with Crippen LogP contribution in [0.5, 0.6) is 11.6 Å². The maximum absolute atomic E-state index is 11.9.